The van der Waals surface area contributed by atoms with Crippen molar-refractivity contribution in [3.8, 4) is 17.2 Å². The fourth-order valence-electron chi connectivity index (χ4n) is 2.07. The second kappa shape index (κ2) is 9.28. The number of rotatable bonds is 5. The normalized spacial score (nSPS) is 12.3. The largest absolute Gasteiger partial charge is 0.496 e. The van der Waals surface area contributed by atoms with Crippen molar-refractivity contribution in [2.75, 3.05) is 21.3 Å². The van der Waals surface area contributed by atoms with E-state index in [0.717, 1.165) is 0 Å². The Morgan fingerprint density at radius 3 is 1.57 bits per heavy atom. The molecule has 0 saturated heterocycles. The highest BCUT2D eigenvalue weighted by molar-refractivity contribution is 6.67. The Hall–Kier alpha value is -0.890. The molecule has 12 heteroatoms. The van der Waals surface area contributed by atoms with E-state index in [1.165, 1.54) is 27.4 Å². The molecule has 152 valence electrons. The highest BCUT2D eigenvalue weighted by atomic mass is 35.6. The van der Waals surface area contributed by atoms with Gasteiger partial charge in [-0.15, -0.1) is 0 Å². The second-order valence-corrected chi connectivity index (χ2v) is 9.68. The number of hydrogen-bond acceptors (Lipinski definition) is 6. The maximum atomic E-state index is 5.86. The van der Waals surface area contributed by atoms with E-state index in [0.29, 0.717) is 22.8 Å². The van der Waals surface area contributed by atoms with Gasteiger partial charge in [-0.1, -0.05) is 69.6 Å². The smallest absolute Gasteiger partial charge is 0.250 e. The minimum absolute atomic E-state index is 0.106. The summed E-state index contributed by atoms with van der Waals surface area (Å²) in [6.45, 7) is 0. The first-order valence-corrected chi connectivity index (χ1v) is 9.65. The van der Waals surface area contributed by atoms with E-state index in [1.54, 1.807) is 18.2 Å². The summed E-state index contributed by atoms with van der Waals surface area (Å²) in [5, 5.41) is 0. The average molecular weight is 508 g/mol. The van der Waals surface area contributed by atoms with Crippen LogP contribution in [0.4, 0.5) is 0 Å². The van der Waals surface area contributed by atoms with Crippen molar-refractivity contribution in [3.05, 3.63) is 35.2 Å². The SMILES string of the molecule is COc1cc(OC)c(OC)cc1C=Cc1nc(C(Cl)(Cl)Cl)nc(C(Cl)(Cl)Cl)n1. The molecule has 2 aromatic rings. The maximum absolute atomic E-state index is 5.86. The van der Waals surface area contributed by atoms with E-state index in [2.05, 4.69) is 15.0 Å². The summed E-state index contributed by atoms with van der Waals surface area (Å²) in [6.07, 6.45) is 3.17. The van der Waals surface area contributed by atoms with E-state index in [1.807, 2.05) is 0 Å². The number of aromatic nitrogens is 3. The number of nitrogens with zero attached hydrogens (tertiary/aromatic N) is 3. The Labute approximate surface area is 191 Å². The van der Waals surface area contributed by atoms with Crippen molar-refractivity contribution in [2.45, 2.75) is 7.59 Å². The third-order valence-electron chi connectivity index (χ3n) is 3.31. The molecule has 2 rings (SSSR count). The number of halogens is 6. The molecule has 0 atom stereocenters. The molecule has 0 radical (unpaired) electrons. The predicted octanol–water partition coefficient (Wildman–Crippen LogP) is 5.72. The summed E-state index contributed by atoms with van der Waals surface area (Å²) in [5.41, 5.74) is 0.645. The average Bonchev–Trinajstić information content (AvgIpc) is 2.63. The number of hydrogen-bond donors (Lipinski definition) is 0. The van der Waals surface area contributed by atoms with Crippen LogP contribution >= 0.6 is 69.6 Å². The zero-order valence-electron chi connectivity index (χ0n) is 14.6. The molecule has 1 heterocycles. The third kappa shape index (κ3) is 5.81. The van der Waals surface area contributed by atoms with Crippen molar-refractivity contribution in [2.24, 2.45) is 0 Å². The second-order valence-electron chi connectivity index (χ2n) is 5.12. The van der Waals surface area contributed by atoms with Gasteiger partial charge < -0.3 is 14.2 Å². The van der Waals surface area contributed by atoms with E-state index in [-0.39, 0.29) is 17.5 Å². The van der Waals surface area contributed by atoms with Gasteiger partial charge in [-0.2, -0.15) is 0 Å². The highest BCUT2D eigenvalue weighted by Crippen LogP contribution is 2.40. The monoisotopic (exact) mass is 505 g/mol. The number of benzene rings is 1. The fourth-order valence-corrected chi connectivity index (χ4v) is 2.57. The van der Waals surface area contributed by atoms with Crippen molar-refractivity contribution >= 4 is 81.8 Å². The molecular weight excluding hydrogens is 495 g/mol. The zero-order valence-corrected chi connectivity index (χ0v) is 19.2. The quantitative estimate of drug-likeness (QED) is 0.482. The van der Waals surface area contributed by atoms with Crippen LogP contribution in [-0.4, -0.2) is 36.3 Å². The number of alkyl halides is 6. The third-order valence-corrected chi connectivity index (χ3v) is 4.32. The van der Waals surface area contributed by atoms with Crippen molar-refractivity contribution < 1.29 is 14.2 Å². The molecule has 0 aliphatic rings. The van der Waals surface area contributed by atoms with Crippen molar-refractivity contribution in [3.63, 3.8) is 0 Å². The first-order chi connectivity index (χ1) is 13.0. The Balaban J connectivity index is 2.54. The van der Waals surface area contributed by atoms with Crippen LogP contribution in [0.3, 0.4) is 0 Å². The van der Waals surface area contributed by atoms with E-state index >= 15 is 0 Å². The molecule has 0 amide bonds. The van der Waals surface area contributed by atoms with Crippen LogP contribution in [0.2, 0.25) is 0 Å². The van der Waals surface area contributed by atoms with Gasteiger partial charge >= 0.3 is 0 Å². The summed E-state index contributed by atoms with van der Waals surface area (Å²) in [7, 11) is 4.56. The van der Waals surface area contributed by atoms with E-state index in [9.17, 15) is 0 Å². The van der Waals surface area contributed by atoms with E-state index in [4.69, 9.17) is 83.8 Å². The lowest BCUT2D eigenvalue weighted by atomic mass is 10.1. The molecule has 28 heavy (non-hydrogen) atoms. The summed E-state index contributed by atoms with van der Waals surface area (Å²) in [5.74, 6) is 1.26. The van der Waals surface area contributed by atoms with Crippen LogP contribution in [0.1, 0.15) is 23.0 Å². The Kier molecular flexibility index (Phi) is 7.76. The summed E-state index contributed by atoms with van der Waals surface area (Å²) in [4.78, 5) is 12.1. The van der Waals surface area contributed by atoms with Gasteiger partial charge in [0.25, 0.3) is 0 Å². The van der Waals surface area contributed by atoms with Crippen LogP contribution in [-0.2, 0) is 7.59 Å². The molecule has 0 bridgehead atoms. The molecule has 1 aromatic heterocycles. The maximum Gasteiger partial charge on any atom is 0.250 e. The van der Waals surface area contributed by atoms with Crippen LogP contribution in [0.5, 0.6) is 17.2 Å². The highest BCUT2D eigenvalue weighted by Gasteiger charge is 2.33. The molecule has 0 N–H and O–H groups in total. The minimum Gasteiger partial charge on any atom is -0.496 e. The van der Waals surface area contributed by atoms with Gasteiger partial charge in [0.15, 0.2) is 29.0 Å². The lowest BCUT2D eigenvalue weighted by molar-refractivity contribution is 0.348. The van der Waals surface area contributed by atoms with Crippen LogP contribution in [0, 0.1) is 0 Å². The molecule has 0 aliphatic heterocycles. The van der Waals surface area contributed by atoms with Gasteiger partial charge in [0.05, 0.1) is 21.3 Å². The van der Waals surface area contributed by atoms with E-state index < -0.39 is 7.59 Å². The Morgan fingerprint density at radius 1 is 0.679 bits per heavy atom. The van der Waals surface area contributed by atoms with Gasteiger partial charge in [0.2, 0.25) is 7.59 Å². The number of methoxy groups -OCH3 is 3. The zero-order chi connectivity index (χ0) is 21.1. The first-order valence-electron chi connectivity index (χ1n) is 7.38. The lowest BCUT2D eigenvalue weighted by Crippen LogP contribution is -2.16. The topological polar surface area (TPSA) is 66.4 Å². The number of ether oxygens (including phenoxy) is 3. The summed E-state index contributed by atoms with van der Waals surface area (Å²) < 4.78 is 12.0. The molecule has 0 spiro atoms. The van der Waals surface area contributed by atoms with Crippen molar-refractivity contribution in [1.82, 2.24) is 15.0 Å². The molecule has 0 unspecified atom stereocenters. The molecule has 0 fully saturated rings. The fraction of sp³-hybridized carbons (Fsp3) is 0.312. The molecule has 6 nitrogen and oxygen atoms in total. The predicted molar refractivity (Wildman–Crippen MR) is 113 cm³/mol. The van der Waals surface area contributed by atoms with Crippen LogP contribution in [0.25, 0.3) is 12.2 Å². The van der Waals surface area contributed by atoms with Gasteiger partial charge in [-0.3, -0.25) is 0 Å². The Bertz CT molecular complexity index is 849. The minimum atomic E-state index is -1.93. The molecule has 1 aromatic carbocycles. The standard InChI is InChI=1S/C16H13Cl6N3O3/c1-26-9-7-11(28-3)10(27-2)6-8(9)4-5-12-23-13(15(17,18)19)25-14(24-12)16(20,21)22/h4-7H,1-3H3. The molecule has 0 aliphatic carbocycles. The summed E-state index contributed by atoms with van der Waals surface area (Å²) in [6, 6.07) is 3.38. The van der Waals surface area contributed by atoms with Crippen LogP contribution in [0.15, 0.2) is 12.1 Å². The molecule has 0 saturated carbocycles. The van der Waals surface area contributed by atoms with Gasteiger partial charge in [-0.25, -0.2) is 15.0 Å². The molecular formula is C16H13Cl6N3O3. The lowest BCUT2D eigenvalue weighted by Gasteiger charge is -2.14. The van der Waals surface area contributed by atoms with Gasteiger partial charge in [0, 0.05) is 11.6 Å². The first kappa shape index (κ1) is 23.4. The summed E-state index contributed by atoms with van der Waals surface area (Å²) >= 11 is 35.2. The van der Waals surface area contributed by atoms with Gasteiger partial charge in [0.1, 0.15) is 5.75 Å². The Morgan fingerprint density at radius 2 is 1.14 bits per heavy atom. The van der Waals surface area contributed by atoms with Crippen molar-refractivity contribution in [1.29, 1.82) is 0 Å². The van der Waals surface area contributed by atoms with Crippen LogP contribution < -0.4 is 14.2 Å². The van der Waals surface area contributed by atoms with Gasteiger partial charge in [-0.05, 0) is 18.2 Å².